The number of rotatable bonds is 4. The van der Waals surface area contributed by atoms with E-state index >= 15 is 0 Å². The number of nitrogens with zero attached hydrogens (tertiary/aromatic N) is 3. The van der Waals surface area contributed by atoms with Gasteiger partial charge in [0, 0.05) is 5.56 Å². The number of benzene rings is 2. The van der Waals surface area contributed by atoms with Gasteiger partial charge >= 0.3 is 0 Å². The van der Waals surface area contributed by atoms with E-state index in [0.717, 1.165) is 21.8 Å². The molecule has 2 heterocycles. The number of nitrogens with one attached hydrogen (secondary N) is 1. The maximum absolute atomic E-state index is 5.74. The van der Waals surface area contributed by atoms with Gasteiger partial charge in [-0.3, -0.25) is 0 Å². The molecule has 0 unspecified atom stereocenters. The average Bonchev–Trinajstić information content (AvgIpc) is 3.19. The van der Waals surface area contributed by atoms with E-state index in [2.05, 4.69) is 20.2 Å². The van der Waals surface area contributed by atoms with E-state index in [1.807, 2.05) is 55.5 Å². The molecule has 0 aliphatic carbocycles. The monoisotopic (exact) mass is 322 g/mol. The Balaban J connectivity index is 1.49. The third-order valence-corrected chi connectivity index (χ3v) is 4.29. The number of aromatic amines is 1. The largest absolute Gasteiger partial charge is 0.420 e. The second-order valence-electron chi connectivity index (χ2n) is 5.22. The molecule has 0 radical (unpaired) electrons. The van der Waals surface area contributed by atoms with Crippen LogP contribution < -0.4 is 0 Å². The summed E-state index contributed by atoms with van der Waals surface area (Å²) in [5, 5.41) is 9.08. The number of imidazole rings is 1. The molecule has 0 saturated carbocycles. The van der Waals surface area contributed by atoms with E-state index in [9.17, 15) is 0 Å². The van der Waals surface area contributed by atoms with Crippen LogP contribution in [-0.4, -0.2) is 20.2 Å². The predicted molar refractivity (Wildman–Crippen MR) is 90.1 cm³/mol. The van der Waals surface area contributed by atoms with Crippen molar-refractivity contribution in [3.05, 3.63) is 60.0 Å². The molecule has 4 aromatic rings. The maximum atomic E-state index is 5.74. The molecule has 114 valence electrons. The molecule has 1 N–H and O–H groups in total. The summed E-state index contributed by atoms with van der Waals surface area (Å²) >= 11 is 1.55. The molecule has 0 atom stereocenters. The van der Waals surface area contributed by atoms with Gasteiger partial charge in [0.2, 0.25) is 11.8 Å². The highest BCUT2D eigenvalue weighted by atomic mass is 32.2. The molecule has 2 aromatic carbocycles. The molecule has 6 heteroatoms. The van der Waals surface area contributed by atoms with Crippen LogP contribution in [0.15, 0.2) is 58.1 Å². The lowest BCUT2D eigenvalue weighted by molar-refractivity contribution is 0.528. The van der Waals surface area contributed by atoms with Crippen molar-refractivity contribution in [2.45, 2.75) is 17.8 Å². The Morgan fingerprint density at radius 1 is 1.09 bits per heavy atom. The lowest BCUT2D eigenvalue weighted by Crippen LogP contribution is -1.81. The summed E-state index contributed by atoms with van der Waals surface area (Å²) in [5.74, 6) is 1.72. The lowest BCUT2D eigenvalue weighted by atomic mass is 10.1. The molecule has 2 aromatic heterocycles. The van der Waals surface area contributed by atoms with E-state index in [-0.39, 0.29) is 0 Å². The van der Waals surface area contributed by atoms with Crippen LogP contribution in [0.3, 0.4) is 0 Å². The Kier molecular flexibility index (Phi) is 3.59. The second kappa shape index (κ2) is 5.89. The topological polar surface area (TPSA) is 67.6 Å². The highest BCUT2D eigenvalue weighted by Gasteiger charge is 2.10. The third-order valence-electron chi connectivity index (χ3n) is 3.43. The van der Waals surface area contributed by atoms with Gasteiger partial charge in [0.25, 0.3) is 0 Å². The summed E-state index contributed by atoms with van der Waals surface area (Å²) in [7, 11) is 0. The molecular weight excluding hydrogens is 308 g/mol. The Hall–Kier alpha value is -2.60. The Morgan fingerprint density at radius 3 is 2.87 bits per heavy atom. The van der Waals surface area contributed by atoms with Gasteiger partial charge < -0.3 is 9.40 Å². The van der Waals surface area contributed by atoms with Crippen molar-refractivity contribution < 1.29 is 4.42 Å². The third kappa shape index (κ3) is 2.98. The molecule has 0 bridgehead atoms. The average molecular weight is 322 g/mol. The number of para-hydroxylation sites is 2. The molecule has 4 rings (SSSR count). The minimum Gasteiger partial charge on any atom is -0.420 e. The van der Waals surface area contributed by atoms with Crippen LogP contribution in [0.2, 0.25) is 0 Å². The summed E-state index contributed by atoms with van der Waals surface area (Å²) in [6.07, 6.45) is 0. The minimum atomic E-state index is 0.550. The van der Waals surface area contributed by atoms with Crippen LogP contribution in [0.25, 0.3) is 22.5 Å². The first kappa shape index (κ1) is 14.0. The second-order valence-corrected chi connectivity index (χ2v) is 6.18. The molecule has 0 aliphatic rings. The number of fused-ring (bicyclic) bond motifs is 1. The first-order chi connectivity index (χ1) is 11.3. The van der Waals surface area contributed by atoms with Gasteiger partial charge in [-0.15, -0.1) is 10.2 Å². The zero-order valence-electron chi connectivity index (χ0n) is 12.5. The van der Waals surface area contributed by atoms with Crippen molar-refractivity contribution in [1.29, 1.82) is 0 Å². The number of aryl methyl sites for hydroxylation is 1. The standard InChI is InChI=1S/C17H14N4OS/c1-11-5-4-6-12(9-11)16-21-20-15(22-16)10-23-17-18-13-7-2-3-8-14(13)19-17/h2-9H,10H2,1H3,(H,18,19). The van der Waals surface area contributed by atoms with Crippen LogP contribution in [0.4, 0.5) is 0 Å². The highest BCUT2D eigenvalue weighted by molar-refractivity contribution is 7.98. The fourth-order valence-corrected chi connectivity index (χ4v) is 3.06. The summed E-state index contributed by atoms with van der Waals surface area (Å²) in [5.41, 5.74) is 4.10. The zero-order chi connectivity index (χ0) is 15.6. The Bertz CT molecular complexity index is 927. The van der Waals surface area contributed by atoms with E-state index in [1.165, 1.54) is 5.56 Å². The Morgan fingerprint density at radius 2 is 2.00 bits per heavy atom. The summed E-state index contributed by atoms with van der Waals surface area (Å²) < 4.78 is 5.74. The van der Waals surface area contributed by atoms with Crippen LogP contribution in [0, 0.1) is 6.92 Å². The fourth-order valence-electron chi connectivity index (χ4n) is 2.33. The zero-order valence-corrected chi connectivity index (χ0v) is 13.3. The quantitative estimate of drug-likeness (QED) is 0.570. The van der Waals surface area contributed by atoms with E-state index in [4.69, 9.17) is 4.42 Å². The van der Waals surface area contributed by atoms with Crippen molar-refractivity contribution in [3.63, 3.8) is 0 Å². The molecular formula is C17H14N4OS. The normalized spacial score (nSPS) is 11.2. The van der Waals surface area contributed by atoms with Crippen LogP contribution in [0.5, 0.6) is 0 Å². The van der Waals surface area contributed by atoms with Gasteiger partial charge in [-0.2, -0.15) is 0 Å². The fraction of sp³-hybridized carbons (Fsp3) is 0.118. The number of thioether (sulfide) groups is 1. The van der Waals surface area contributed by atoms with E-state index in [0.29, 0.717) is 17.5 Å². The van der Waals surface area contributed by atoms with Gasteiger partial charge in [-0.25, -0.2) is 4.98 Å². The van der Waals surface area contributed by atoms with Crippen molar-refractivity contribution in [2.24, 2.45) is 0 Å². The number of aromatic nitrogens is 4. The van der Waals surface area contributed by atoms with Crippen molar-refractivity contribution in [2.75, 3.05) is 0 Å². The van der Waals surface area contributed by atoms with Crippen molar-refractivity contribution >= 4 is 22.8 Å². The number of H-pyrrole nitrogens is 1. The molecule has 23 heavy (non-hydrogen) atoms. The summed E-state index contributed by atoms with van der Waals surface area (Å²) in [6, 6.07) is 16.0. The predicted octanol–water partition coefficient (Wildman–Crippen LogP) is 4.21. The SMILES string of the molecule is Cc1cccc(-c2nnc(CSc3nc4ccccc4[nH]3)o2)c1. The van der Waals surface area contributed by atoms with Crippen LogP contribution >= 0.6 is 11.8 Å². The van der Waals surface area contributed by atoms with Crippen LogP contribution in [-0.2, 0) is 5.75 Å². The molecule has 0 fully saturated rings. The summed E-state index contributed by atoms with van der Waals surface area (Å²) in [6.45, 7) is 2.04. The lowest BCUT2D eigenvalue weighted by Gasteiger charge is -1.96. The number of hydrogen-bond donors (Lipinski definition) is 1. The molecule has 0 saturated heterocycles. The first-order valence-corrected chi connectivity index (χ1v) is 8.23. The van der Waals surface area contributed by atoms with Gasteiger partial charge in [-0.1, -0.05) is 41.6 Å². The summed E-state index contributed by atoms with van der Waals surface area (Å²) in [4.78, 5) is 7.80. The number of hydrogen-bond acceptors (Lipinski definition) is 5. The van der Waals surface area contributed by atoms with Gasteiger partial charge in [0.15, 0.2) is 5.16 Å². The minimum absolute atomic E-state index is 0.550. The van der Waals surface area contributed by atoms with Crippen molar-refractivity contribution in [1.82, 2.24) is 20.2 Å². The van der Waals surface area contributed by atoms with Gasteiger partial charge in [0.1, 0.15) is 0 Å². The highest BCUT2D eigenvalue weighted by Crippen LogP contribution is 2.24. The first-order valence-electron chi connectivity index (χ1n) is 7.25. The molecule has 5 nitrogen and oxygen atoms in total. The molecule has 0 aliphatic heterocycles. The van der Waals surface area contributed by atoms with E-state index < -0.39 is 0 Å². The van der Waals surface area contributed by atoms with Gasteiger partial charge in [-0.05, 0) is 31.2 Å². The van der Waals surface area contributed by atoms with E-state index in [1.54, 1.807) is 11.8 Å². The Labute approximate surface area is 137 Å². The van der Waals surface area contributed by atoms with Crippen molar-refractivity contribution in [3.8, 4) is 11.5 Å². The molecule has 0 amide bonds. The smallest absolute Gasteiger partial charge is 0.247 e. The maximum Gasteiger partial charge on any atom is 0.247 e. The van der Waals surface area contributed by atoms with Gasteiger partial charge in [0.05, 0.1) is 16.8 Å². The molecule has 0 spiro atoms. The van der Waals surface area contributed by atoms with Crippen LogP contribution in [0.1, 0.15) is 11.5 Å².